The number of ether oxygens (including phenoxy) is 1. The minimum absolute atomic E-state index is 0.0694. The Bertz CT molecular complexity index is 810. The van der Waals surface area contributed by atoms with Gasteiger partial charge in [-0.25, -0.2) is 4.98 Å². The highest BCUT2D eigenvalue weighted by atomic mass is 16.5. The van der Waals surface area contributed by atoms with Crippen molar-refractivity contribution in [3.8, 4) is 5.75 Å². The van der Waals surface area contributed by atoms with Gasteiger partial charge in [0.15, 0.2) is 0 Å². The highest BCUT2D eigenvalue weighted by Crippen LogP contribution is 2.56. The average Bonchev–Trinajstić information content (AvgIpc) is 3.19. The Morgan fingerprint density at radius 2 is 2.22 bits per heavy atom. The van der Waals surface area contributed by atoms with Crippen molar-refractivity contribution in [1.29, 1.82) is 0 Å². The highest BCUT2D eigenvalue weighted by molar-refractivity contribution is 5.95. The fourth-order valence-corrected chi connectivity index (χ4v) is 4.41. The third-order valence-electron chi connectivity index (χ3n) is 6.15. The molecule has 4 rings (SSSR count). The molecule has 1 aliphatic heterocycles. The lowest BCUT2D eigenvalue weighted by molar-refractivity contribution is 0.0684. The maximum atomic E-state index is 13.5. The van der Waals surface area contributed by atoms with E-state index in [1.807, 2.05) is 36.7 Å². The van der Waals surface area contributed by atoms with E-state index in [0.717, 1.165) is 44.7 Å². The first-order valence-corrected chi connectivity index (χ1v) is 9.82. The quantitative estimate of drug-likeness (QED) is 0.852. The molecule has 2 aromatic rings. The van der Waals surface area contributed by atoms with Crippen molar-refractivity contribution >= 4 is 5.91 Å². The predicted octanol–water partition coefficient (Wildman–Crippen LogP) is 2.70. The fraction of sp³-hybridized carbons (Fsp3) is 0.524. The molecule has 1 amide bonds. The number of rotatable bonds is 6. The number of hydrogen-bond acceptors (Lipinski definition) is 4. The number of methoxy groups -OCH3 is 1. The first-order chi connectivity index (χ1) is 13.2. The number of benzene rings is 1. The second-order valence-corrected chi connectivity index (χ2v) is 7.63. The molecule has 1 aromatic carbocycles. The number of piperidine rings is 1. The molecule has 0 unspecified atom stereocenters. The van der Waals surface area contributed by atoms with Crippen LogP contribution in [0.4, 0.5) is 0 Å². The van der Waals surface area contributed by atoms with Crippen molar-refractivity contribution in [2.24, 2.45) is 5.41 Å². The smallest absolute Gasteiger partial charge is 0.254 e. The van der Waals surface area contributed by atoms with Crippen LogP contribution in [0.2, 0.25) is 0 Å². The van der Waals surface area contributed by atoms with E-state index in [-0.39, 0.29) is 11.3 Å². The summed E-state index contributed by atoms with van der Waals surface area (Å²) >= 11 is 0. The van der Waals surface area contributed by atoms with Crippen molar-refractivity contribution in [2.75, 3.05) is 20.2 Å². The molecule has 0 radical (unpaired) electrons. The Balaban J connectivity index is 1.62. The zero-order valence-corrected chi connectivity index (χ0v) is 16.1. The number of carbonyl (C=O) groups excluding carboxylic acids is 1. The number of aromatic nitrogens is 2. The van der Waals surface area contributed by atoms with Gasteiger partial charge in [-0.15, -0.1) is 0 Å². The zero-order chi connectivity index (χ0) is 18.9. The third kappa shape index (κ3) is 3.46. The van der Waals surface area contributed by atoms with Gasteiger partial charge in [0.25, 0.3) is 5.91 Å². The minimum Gasteiger partial charge on any atom is -0.497 e. The topological polar surface area (TPSA) is 59.4 Å². The number of carbonyl (C=O) groups is 1. The third-order valence-corrected chi connectivity index (χ3v) is 6.15. The zero-order valence-electron chi connectivity index (χ0n) is 16.1. The molecule has 27 heavy (non-hydrogen) atoms. The van der Waals surface area contributed by atoms with Crippen LogP contribution in [0.5, 0.6) is 5.75 Å². The molecule has 6 nitrogen and oxygen atoms in total. The van der Waals surface area contributed by atoms with Crippen LogP contribution in [0, 0.1) is 5.41 Å². The second-order valence-electron chi connectivity index (χ2n) is 7.63. The van der Waals surface area contributed by atoms with Gasteiger partial charge in [0.05, 0.1) is 13.7 Å². The molecule has 1 aromatic heterocycles. The SMILES string of the molecule is CCn1ccnc1CN(C(=O)c1cccc(OC)c1)[C@@H]1CC12CCNCC2. The first-order valence-electron chi connectivity index (χ1n) is 9.82. The standard InChI is InChI=1S/C21H28N4O2/c1-3-24-12-11-23-19(24)15-25(18-14-21(18)7-9-22-10-8-21)20(26)16-5-4-6-17(13-16)27-2/h4-6,11-13,18,22H,3,7-10,14-15H2,1-2H3/t18-/m1/s1. The monoisotopic (exact) mass is 368 g/mol. The summed E-state index contributed by atoms with van der Waals surface area (Å²) in [6, 6.07) is 7.75. The van der Waals surface area contributed by atoms with Gasteiger partial charge in [-0.05, 0) is 62.9 Å². The van der Waals surface area contributed by atoms with Gasteiger partial charge in [-0.2, -0.15) is 0 Å². The van der Waals surface area contributed by atoms with Crippen LogP contribution in [-0.2, 0) is 13.1 Å². The average molecular weight is 368 g/mol. The van der Waals surface area contributed by atoms with Gasteiger partial charge in [0, 0.05) is 30.5 Å². The maximum absolute atomic E-state index is 13.5. The summed E-state index contributed by atoms with van der Waals surface area (Å²) in [7, 11) is 1.63. The lowest BCUT2D eigenvalue weighted by atomic mass is 9.93. The number of nitrogens with zero attached hydrogens (tertiary/aromatic N) is 3. The lowest BCUT2D eigenvalue weighted by Gasteiger charge is -2.29. The molecular weight excluding hydrogens is 340 g/mol. The normalized spacial score (nSPS) is 20.4. The highest BCUT2D eigenvalue weighted by Gasteiger charge is 2.57. The van der Waals surface area contributed by atoms with Crippen LogP contribution < -0.4 is 10.1 Å². The molecule has 2 aliphatic rings. The number of aryl methyl sites for hydroxylation is 1. The van der Waals surface area contributed by atoms with Crippen molar-refractivity contribution < 1.29 is 9.53 Å². The number of amides is 1. The molecule has 2 fully saturated rings. The van der Waals surface area contributed by atoms with Gasteiger partial charge in [0.1, 0.15) is 11.6 Å². The molecular formula is C21H28N4O2. The van der Waals surface area contributed by atoms with E-state index in [2.05, 4.69) is 26.7 Å². The second kappa shape index (κ2) is 7.35. The molecule has 1 aliphatic carbocycles. The summed E-state index contributed by atoms with van der Waals surface area (Å²) in [6.07, 6.45) is 7.18. The summed E-state index contributed by atoms with van der Waals surface area (Å²) in [6.45, 7) is 5.60. The summed E-state index contributed by atoms with van der Waals surface area (Å²) in [5.41, 5.74) is 0.962. The largest absolute Gasteiger partial charge is 0.497 e. The Hall–Kier alpha value is -2.34. The Labute approximate surface area is 160 Å². The molecule has 1 saturated carbocycles. The molecule has 144 valence electrons. The van der Waals surface area contributed by atoms with Crippen LogP contribution in [-0.4, -0.2) is 46.6 Å². The van der Waals surface area contributed by atoms with E-state index in [4.69, 9.17) is 4.74 Å². The Morgan fingerprint density at radius 3 is 2.96 bits per heavy atom. The van der Waals surface area contributed by atoms with E-state index >= 15 is 0 Å². The summed E-state index contributed by atoms with van der Waals surface area (Å²) in [5, 5.41) is 3.44. The van der Waals surface area contributed by atoms with E-state index in [1.165, 1.54) is 0 Å². The first kappa shape index (κ1) is 18.0. The predicted molar refractivity (Wildman–Crippen MR) is 104 cm³/mol. The van der Waals surface area contributed by atoms with Crippen molar-refractivity contribution in [3.63, 3.8) is 0 Å². The van der Waals surface area contributed by atoms with Crippen molar-refractivity contribution in [3.05, 3.63) is 48.0 Å². The van der Waals surface area contributed by atoms with Crippen LogP contribution in [0.1, 0.15) is 42.4 Å². The van der Waals surface area contributed by atoms with Gasteiger partial charge in [-0.1, -0.05) is 6.07 Å². The van der Waals surface area contributed by atoms with Gasteiger partial charge in [-0.3, -0.25) is 4.79 Å². The van der Waals surface area contributed by atoms with E-state index in [0.29, 0.717) is 23.9 Å². The Morgan fingerprint density at radius 1 is 1.41 bits per heavy atom. The molecule has 1 saturated heterocycles. The van der Waals surface area contributed by atoms with E-state index in [9.17, 15) is 4.79 Å². The maximum Gasteiger partial charge on any atom is 0.254 e. The lowest BCUT2D eigenvalue weighted by Crippen LogP contribution is -2.39. The van der Waals surface area contributed by atoms with Crippen LogP contribution in [0.3, 0.4) is 0 Å². The Kier molecular flexibility index (Phi) is 4.91. The molecule has 1 atom stereocenters. The van der Waals surface area contributed by atoms with Crippen LogP contribution >= 0.6 is 0 Å². The van der Waals surface area contributed by atoms with Crippen LogP contribution in [0.25, 0.3) is 0 Å². The van der Waals surface area contributed by atoms with Crippen molar-refractivity contribution in [1.82, 2.24) is 19.8 Å². The molecule has 6 heteroatoms. The van der Waals surface area contributed by atoms with Crippen LogP contribution in [0.15, 0.2) is 36.7 Å². The number of nitrogens with one attached hydrogen (secondary N) is 1. The number of imidazole rings is 1. The molecule has 2 heterocycles. The summed E-state index contributed by atoms with van der Waals surface area (Å²) < 4.78 is 7.43. The van der Waals surface area contributed by atoms with Gasteiger partial charge >= 0.3 is 0 Å². The molecule has 1 spiro atoms. The minimum atomic E-state index is 0.0694. The van der Waals surface area contributed by atoms with E-state index in [1.54, 1.807) is 7.11 Å². The van der Waals surface area contributed by atoms with Gasteiger partial charge < -0.3 is 19.5 Å². The summed E-state index contributed by atoms with van der Waals surface area (Å²) in [5.74, 6) is 1.73. The molecule has 1 N–H and O–H groups in total. The fourth-order valence-electron chi connectivity index (χ4n) is 4.41. The number of hydrogen-bond donors (Lipinski definition) is 1. The van der Waals surface area contributed by atoms with E-state index < -0.39 is 0 Å². The van der Waals surface area contributed by atoms with Gasteiger partial charge in [0.2, 0.25) is 0 Å². The van der Waals surface area contributed by atoms with Crippen molar-refractivity contribution in [2.45, 2.75) is 45.3 Å². The summed E-state index contributed by atoms with van der Waals surface area (Å²) in [4.78, 5) is 20.0. The molecule has 0 bridgehead atoms.